The summed E-state index contributed by atoms with van der Waals surface area (Å²) in [6, 6.07) is 12.5. The minimum absolute atomic E-state index is 0.297. The molecule has 1 aliphatic heterocycles. The smallest absolute Gasteiger partial charge is 0.255 e. The fourth-order valence-corrected chi connectivity index (χ4v) is 2.67. The van der Waals surface area contributed by atoms with Gasteiger partial charge in [0.05, 0.1) is 0 Å². The normalized spacial score (nSPS) is 17.0. The van der Waals surface area contributed by atoms with Crippen LogP contribution in [0.1, 0.15) is 16.8 Å². The summed E-state index contributed by atoms with van der Waals surface area (Å²) in [5.74, 6) is -1.20. The topological polar surface area (TPSA) is 63.4 Å². The number of hydrogen-bond donors (Lipinski definition) is 1. The zero-order valence-corrected chi connectivity index (χ0v) is 11.8. The fourth-order valence-electron chi connectivity index (χ4n) is 2.67. The van der Waals surface area contributed by atoms with E-state index in [1.165, 1.54) is 11.0 Å². The number of hydrogen-bond acceptors (Lipinski definition) is 2. The number of carbonyl (C=O) groups excluding carboxylic acids is 2. The Labute approximate surface area is 127 Å². The molecule has 1 atom stereocenters. The third-order valence-electron chi connectivity index (χ3n) is 3.93. The Morgan fingerprint density at radius 3 is 2.27 bits per heavy atom. The summed E-state index contributed by atoms with van der Waals surface area (Å²) in [7, 11) is 0. The molecule has 2 N–H and O–H groups in total. The molecule has 1 heterocycles. The van der Waals surface area contributed by atoms with Crippen molar-refractivity contribution in [2.45, 2.75) is 12.5 Å². The van der Waals surface area contributed by atoms with E-state index < -0.39 is 17.8 Å². The van der Waals surface area contributed by atoms with Crippen LogP contribution < -0.4 is 5.73 Å². The van der Waals surface area contributed by atoms with Gasteiger partial charge in [-0.15, -0.1) is 0 Å². The lowest BCUT2D eigenvalue weighted by molar-refractivity contribution is -0.125. The van der Waals surface area contributed by atoms with Gasteiger partial charge in [0.1, 0.15) is 11.9 Å². The fraction of sp³-hybridized carbons (Fsp3) is 0.176. The van der Waals surface area contributed by atoms with Crippen LogP contribution in [0.15, 0.2) is 48.5 Å². The molecule has 5 heteroatoms. The van der Waals surface area contributed by atoms with Crippen molar-refractivity contribution in [1.82, 2.24) is 4.90 Å². The molecule has 2 aromatic rings. The zero-order chi connectivity index (χ0) is 15.7. The summed E-state index contributed by atoms with van der Waals surface area (Å²) in [6.45, 7) is 0.484. The van der Waals surface area contributed by atoms with Gasteiger partial charge in [0.15, 0.2) is 0 Å². The summed E-state index contributed by atoms with van der Waals surface area (Å²) in [5.41, 5.74) is 6.54. The van der Waals surface area contributed by atoms with Crippen molar-refractivity contribution in [2.24, 2.45) is 5.73 Å². The van der Waals surface area contributed by atoms with Crippen LogP contribution in [-0.4, -0.2) is 29.3 Å². The minimum Gasteiger partial charge on any atom is -0.368 e. The highest BCUT2D eigenvalue weighted by molar-refractivity contribution is 6.03. The molecule has 4 nitrogen and oxygen atoms in total. The molecule has 1 aliphatic rings. The first-order valence-corrected chi connectivity index (χ1v) is 7.04. The Balaban J connectivity index is 2.01. The average Bonchev–Trinajstić information content (AvgIpc) is 2.46. The summed E-state index contributed by atoms with van der Waals surface area (Å²) in [5, 5.41) is 0. The Morgan fingerprint density at radius 2 is 1.68 bits per heavy atom. The van der Waals surface area contributed by atoms with E-state index in [1.54, 1.807) is 42.5 Å². The van der Waals surface area contributed by atoms with Crippen molar-refractivity contribution >= 4 is 11.8 Å². The SMILES string of the molecule is NC(=O)C1CCN1C(=O)c1ccccc1-c1ccccc1F. The van der Waals surface area contributed by atoms with Gasteiger partial charge in [0.25, 0.3) is 5.91 Å². The molecule has 112 valence electrons. The van der Waals surface area contributed by atoms with Crippen molar-refractivity contribution in [1.29, 1.82) is 0 Å². The van der Waals surface area contributed by atoms with Gasteiger partial charge in [-0.1, -0.05) is 36.4 Å². The van der Waals surface area contributed by atoms with Crippen molar-refractivity contribution in [3.63, 3.8) is 0 Å². The molecular weight excluding hydrogens is 283 g/mol. The molecule has 0 aromatic heterocycles. The molecule has 22 heavy (non-hydrogen) atoms. The zero-order valence-electron chi connectivity index (χ0n) is 11.8. The number of halogens is 1. The van der Waals surface area contributed by atoms with Gasteiger partial charge in [-0.2, -0.15) is 0 Å². The number of benzene rings is 2. The van der Waals surface area contributed by atoms with Crippen molar-refractivity contribution in [3.05, 3.63) is 59.9 Å². The van der Waals surface area contributed by atoms with Gasteiger partial charge in [0.2, 0.25) is 5.91 Å². The molecule has 0 saturated carbocycles. The molecule has 3 rings (SSSR count). The minimum atomic E-state index is -0.568. The molecular formula is C17H15FN2O2. The number of amides is 2. The summed E-state index contributed by atoms with van der Waals surface area (Å²) < 4.78 is 14.0. The van der Waals surface area contributed by atoms with Crippen molar-refractivity contribution in [3.8, 4) is 11.1 Å². The highest BCUT2D eigenvalue weighted by Crippen LogP contribution is 2.29. The first-order chi connectivity index (χ1) is 10.6. The molecule has 1 saturated heterocycles. The summed E-state index contributed by atoms with van der Waals surface area (Å²) in [4.78, 5) is 25.4. The Kier molecular flexibility index (Phi) is 3.63. The maximum absolute atomic E-state index is 14.0. The predicted octanol–water partition coefficient (Wildman–Crippen LogP) is 2.19. The second-order valence-corrected chi connectivity index (χ2v) is 5.23. The molecule has 1 unspecified atom stereocenters. The largest absolute Gasteiger partial charge is 0.368 e. The molecule has 2 aromatic carbocycles. The molecule has 0 bridgehead atoms. The number of likely N-dealkylation sites (tertiary alicyclic amines) is 1. The van der Waals surface area contributed by atoms with E-state index in [4.69, 9.17) is 5.73 Å². The van der Waals surface area contributed by atoms with E-state index in [0.29, 0.717) is 29.7 Å². The first kappa shape index (κ1) is 14.3. The van der Waals surface area contributed by atoms with Crippen LogP contribution in [0.25, 0.3) is 11.1 Å². The molecule has 0 aliphatic carbocycles. The lowest BCUT2D eigenvalue weighted by Gasteiger charge is -2.39. The Hall–Kier alpha value is -2.69. The maximum atomic E-state index is 14.0. The average molecular weight is 298 g/mol. The van der Waals surface area contributed by atoms with Crippen LogP contribution in [0.4, 0.5) is 4.39 Å². The lowest BCUT2D eigenvalue weighted by atomic mass is 9.95. The number of rotatable bonds is 3. The standard InChI is InChI=1S/C17H15FN2O2/c18-14-8-4-3-6-12(14)11-5-1-2-7-13(11)17(22)20-10-9-15(20)16(19)21/h1-8,15H,9-10H2,(H2,19,21). The van der Waals surface area contributed by atoms with Crippen LogP contribution in [0.5, 0.6) is 0 Å². The molecule has 0 spiro atoms. The highest BCUT2D eigenvalue weighted by atomic mass is 19.1. The van der Waals surface area contributed by atoms with E-state index in [9.17, 15) is 14.0 Å². The van der Waals surface area contributed by atoms with Crippen molar-refractivity contribution < 1.29 is 14.0 Å². The molecule has 1 fully saturated rings. The van der Waals surface area contributed by atoms with Gasteiger partial charge in [-0.25, -0.2) is 4.39 Å². The molecule has 2 amide bonds. The highest BCUT2D eigenvalue weighted by Gasteiger charge is 2.37. The summed E-state index contributed by atoms with van der Waals surface area (Å²) >= 11 is 0. The van der Waals surface area contributed by atoms with E-state index in [0.717, 1.165) is 0 Å². The van der Waals surface area contributed by atoms with Crippen LogP contribution in [0.2, 0.25) is 0 Å². The number of nitrogens with two attached hydrogens (primary N) is 1. The third-order valence-corrected chi connectivity index (χ3v) is 3.93. The number of primary amides is 1. The third kappa shape index (κ3) is 2.35. The van der Waals surface area contributed by atoms with Gasteiger partial charge in [-0.3, -0.25) is 9.59 Å². The first-order valence-electron chi connectivity index (χ1n) is 7.04. The monoisotopic (exact) mass is 298 g/mol. The quantitative estimate of drug-likeness (QED) is 0.944. The van der Waals surface area contributed by atoms with Crippen LogP contribution in [0.3, 0.4) is 0 Å². The van der Waals surface area contributed by atoms with Gasteiger partial charge >= 0.3 is 0 Å². The maximum Gasteiger partial charge on any atom is 0.255 e. The van der Waals surface area contributed by atoms with Gasteiger partial charge in [-0.05, 0) is 24.1 Å². The second kappa shape index (κ2) is 5.60. The van der Waals surface area contributed by atoms with Gasteiger partial charge < -0.3 is 10.6 Å². The van der Waals surface area contributed by atoms with E-state index >= 15 is 0 Å². The van der Waals surface area contributed by atoms with E-state index in [2.05, 4.69) is 0 Å². The Morgan fingerprint density at radius 1 is 1.05 bits per heavy atom. The van der Waals surface area contributed by atoms with E-state index in [1.807, 2.05) is 0 Å². The predicted molar refractivity (Wildman–Crippen MR) is 80.5 cm³/mol. The van der Waals surface area contributed by atoms with Crippen LogP contribution >= 0.6 is 0 Å². The summed E-state index contributed by atoms with van der Waals surface area (Å²) in [6.07, 6.45) is 0.572. The lowest BCUT2D eigenvalue weighted by Crippen LogP contribution is -2.57. The van der Waals surface area contributed by atoms with Crippen molar-refractivity contribution in [2.75, 3.05) is 6.54 Å². The van der Waals surface area contributed by atoms with Crippen LogP contribution in [0, 0.1) is 5.82 Å². The van der Waals surface area contributed by atoms with Gasteiger partial charge in [0, 0.05) is 17.7 Å². The van der Waals surface area contributed by atoms with E-state index in [-0.39, 0.29) is 5.91 Å². The number of nitrogens with zero attached hydrogens (tertiary/aromatic N) is 1. The Bertz CT molecular complexity index is 745. The molecule has 0 radical (unpaired) electrons. The van der Waals surface area contributed by atoms with Crippen LogP contribution in [-0.2, 0) is 4.79 Å². The number of carbonyl (C=O) groups is 2. The second-order valence-electron chi connectivity index (χ2n) is 5.23.